The average molecular weight is 347 g/mol. The van der Waals surface area contributed by atoms with Crippen LogP contribution in [-0.4, -0.2) is 23.8 Å². The molecule has 0 bridgehead atoms. The van der Waals surface area contributed by atoms with E-state index in [2.05, 4.69) is 22.8 Å². The fourth-order valence-corrected chi connectivity index (χ4v) is 4.82. The zero-order valence-corrected chi connectivity index (χ0v) is 13.9. The van der Waals surface area contributed by atoms with Gasteiger partial charge in [-0.25, -0.2) is 8.42 Å². The molecule has 0 aliphatic carbocycles. The fourth-order valence-electron chi connectivity index (χ4n) is 3.12. The third-order valence-electron chi connectivity index (χ3n) is 4.24. The highest BCUT2D eigenvalue weighted by Crippen LogP contribution is 2.28. The molecule has 1 aliphatic heterocycles. The Bertz CT molecular complexity index is 995. The summed E-state index contributed by atoms with van der Waals surface area (Å²) in [5.41, 5.74) is 2.17. The Morgan fingerprint density at radius 1 is 0.957 bits per heavy atom. The Morgan fingerprint density at radius 3 is 2.61 bits per heavy atom. The van der Waals surface area contributed by atoms with Gasteiger partial charge in [-0.2, -0.15) is 4.31 Å². The maximum Gasteiger partial charge on any atom is 0.243 e. The number of para-hydroxylation sites is 1. The SMILES string of the molecule is O=S(=O)(c1cccc(Cl)c1)N1CCn2c(cc3ccccc32)C1. The number of benzene rings is 2. The summed E-state index contributed by atoms with van der Waals surface area (Å²) in [4.78, 5) is 0.245. The quantitative estimate of drug-likeness (QED) is 0.712. The van der Waals surface area contributed by atoms with E-state index in [1.54, 1.807) is 18.2 Å². The number of nitrogens with zero attached hydrogens (tertiary/aromatic N) is 2. The van der Waals surface area contributed by atoms with Crippen LogP contribution in [0.5, 0.6) is 0 Å². The van der Waals surface area contributed by atoms with Crippen molar-refractivity contribution in [2.45, 2.75) is 18.0 Å². The molecule has 0 fully saturated rings. The van der Waals surface area contributed by atoms with Gasteiger partial charge in [0.25, 0.3) is 0 Å². The largest absolute Gasteiger partial charge is 0.342 e. The van der Waals surface area contributed by atoms with Crippen LogP contribution in [0.2, 0.25) is 5.02 Å². The molecule has 1 aliphatic rings. The molecule has 23 heavy (non-hydrogen) atoms. The predicted octanol–water partition coefficient (Wildman–Crippen LogP) is 3.50. The molecule has 0 amide bonds. The molecule has 118 valence electrons. The number of hydrogen-bond donors (Lipinski definition) is 0. The number of sulfonamides is 1. The van der Waals surface area contributed by atoms with Crippen LogP contribution in [0, 0.1) is 0 Å². The first-order valence-corrected chi connectivity index (χ1v) is 9.20. The lowest BCUT2D eigenvalue weighted by atomic mass is 10.2. The molecular formula is C17H15ClN2O2S. The highest BCUT2D eigenvalue weighted by Gasteiger charge is 2.29. The topological polar surface area (TPSA) is 42.3 Å². The highest BCUT2D eigenvalue weighted by atomic mass is 35.5. The van der Waals surface area contributed by atoms with Gasteiger partial charge in [0.05, 0.1) is 11.4 Å². The number of halogens is 1. The normalized spacial score (nSPS) is 15.7. The fraction of sp³-hybridized carbons (Fsp3) is 0.176. The van der Waals surface area contributed by atoms with Gasteiger partial charge in [0, 0.05) is 29.3 Å². The first kappa shape index (κ1) is 14.8. The molecule has 3 aromatic rings. The van der Waals surface area contributed by atoms with E-state index in [0.717, 1.165) is 16.6 Å². The molecule has 2 aromatic carbocycles. The predicted molar refractivity (Wildman–Crippen MR) is 91.0 cm³/mol. The van der Waals surface area contributed by atoms with E-state index < -0.39 is 10.0 Å². The van der Waals surface area contributed by atoms with Crippen molar-refractivity contribution in [1.29, 1.82) is 0 Å². The second kappa shape index (κ2) is 5.37. The van der Waals surface area contributed by atoms with Crippen molar-refractivity contribution in [2.75, 3.05) is 6.54 Å². The second-order valence-corrected chi connectivity index (χ2v) is 8.02. The molecular weight excluding hydrogens is 332 g/mol. The van der Waals surface area contributed by atoms with Crippen molar-refractivity contribution < 1.29 is 8.42 Å². The molecule has 0 unspecified atom stereocenters. The zero-order chi connectivity index (χ0) is 16.0. The van der Waals surface area contributed by atoms with Crippen molar-refractivity contribution in [3.63, 3.8) is 0 Å². The molecule has 0 saturated heterocycles. The Balaban J connectivity index is 1.72. The average Bonchev–Trinajstić information content (AvgIpc) is 2.92. The lowest BCUT2D eigenvalue weighted by Gasteiger charge is -2.28. The first-order valence-electron chi connectivity index (χ1n) is 7.38. The van der Waals surface area contributed by atoms with E-state index >= 15 is 0 Å². The zero-order valence-electron chi connectivity index (χ0n) is 12.3. The molecule has 0 atom stereocenters. The van der Waals surface area contributed by atoms with Gasteiger partial charge in [-0.15, -0.1) is 0 Å². The van der Waals surface area contributed by atoms with Gasteiger partial charge in [-0.05, 0) is 35.7 Å². The standard InChI is InChI=1S/C17H15ClN2O2S/c18-14-5-3-6-16(11-14)23(21,22)19-8-9-20-15(12-19)10-13-4-1-2-7-17(13)20/h1-7,10-11H,8-9,12H2. The lowest BCUT2D eigenvalue weighted by Crippen LogP contribution is -2.37. The molecule has 0 N–H and O–H groups in total. The Kier molecular flexibility index (Phi) is 3.44. The molecule has 6 heteroatoms. The van der Waals surface area contributed by atoms with Crippen molar-refractivity contribution in [3.8, 4) is 0 Å². The maximum absolute atomic E-state index is 12.8. The molecule has 1 aromatic heterocycles. The van der Waals surface area contributed by atoms with Crippen LogP contribution in [-0.2, 0) is 23.1 Å². The van der Waals surface area contributed by atoms with Gasteiger partial charge in [0.2, 0.25) is 10.0 Å². The minimum absolute atomic E-state index is 0.245. The Morgan fingerprint density at radius 2 is 1.78 bits per heavy atom. The Labute approximate surface area is 140 Å². The van der Waals surface area contributed by atoms with Crippen LogP contribution in [0.4, 0.5) is 0 Å². The van der Waals surface area contributed by atoms with Crippen LogP contribution in [0.15, 0.2) is 59.5 Å². The van der Waals surface area contributed by atoms with E-state index in [9.17, 15) is 8.42 Å². The monoisotopic (exact) mass is 346 g/mol. The van der Waals surface area contributed by atoms with Gasteiger partial charge < -0.3 is 4.57 Å². The van der Waals surface area contributed by atoms with Crippen LogP contribution in [0.3, 0.4) is 0 Å². The van der Waals surface area contributed by atoms with Crippen molar-refractivity contribution >= 4 is 32.5 Å². The van der Waals surface area contributed by atoms with E-state index in [-0.39, 0.29) is 4.90 Å². The number of rotatable bonds is 2. The van der Waals surface area contributed by atoms with Crippen molar-refractivity contribution in [3.05, 3.63) is 65.3 Å². The van der Waals surface area contributed by atoms with Gasteiger partial charge in [-0.1, -0.05) is 35.9 Å². The summed E-state index contributed by atoms with van der Waals surface area (Å²) in [7, 11) is -3.53. The smallest absolute Gasteiger partial charge is 0.243 e. The molecule has 4 nitrogen and oxygen atoms in total. The summed E-state index contributed by atoms with van der Waals surface area (Å²) in [6.07, 6.45) is 0. The summed E-state index contributed by atoms with van der Waals surface area (Å²) in [5, 5.41) is 1.57. The van der Waals surface area contributed by atoms with E-state index in [4.69, 9.17) is 11.6 Å². The van der Waals surface area contributed by atoms with Crippen molar-refractivity contribution in [2.24, 2.45) is 0 Å². The summed E-state index contributed by atoms with van der Waals surface area (Å²) < 4.78 is 29.4. The van der Waals surface area contributed by atoms with Crippen LogP contribution < -0.4 is 0 Å². The van der Waals surface area contributed by atoms with E-state index in [1.807, 2.05) is 12.1 Å². The van der Waals surface area contributed by atoms with Gasteiger partial charge in [-0.3, -0.25) is 0 Å². The van der Waals surface area contributed by atoms with Gasteiger partial charge >= 0.3 is 0 Å². The minimum atomic E-state index is -3.53. The van der Waals surface area contributed by atoms with Gasteiger partial charge in [0.15, 0.2) is 0 Å². The molecule has 0 spiro atoms. The first-order chi connectivity index (χ1) is 11.1. The Hall–Kier alpha value is -1.82. The summed E-state index contributed by atoms with van der Waals surface area (Å²) >= 11 is 5.94. The third kappa shape index (κ3) is 2.45. The number of hydrogen-bond acceptors (Lipinski definition) is 2. The van der Waals surface area contributed by atoms with Crippen LogP contribution in [0.1, 0.15) is 5.69 Å². The summed E-state index contributed by atoms with van der Waals surface area (Å²) in [6, 6.07) is 16.6. The molecule has 0 saturated carbocycles. The molecule has 4 rings (SSSR count). The van der Waals surface area contributed by atoms with Gasteiger partial charge in [0.1, 0.15) is 0 Å². The highest BCUT2D eigenvalue weighted by molar-refractivity contribution is 7.89. The summed E-state index contributed by atoms with van der Waals surface area (Å²) in [6.45, 7) is 1.49. The maximum atomic E-state index is 12.8. The molecule has 2 heterocycles. The number of aromatic nitrogens is 1. The van der Waals surface area contributed by atoms with E-state index in [1.165, 1.54) is 10.4 Å². The van der Waals surface area contributed by atoms with Crippen LogP contribution in [0.25, 0.3) is 10.9 Å². The third-order valence-corrected chi connectivity index (χ3v) is 6.32. The summed E-state index contributed by atoms with van der Waals surface area (Å²) in [5.74, 6) is 0. The second-order valence-electron chi connectivity index (χ2n) is 5.64. The van der Waals surface area contributed by atoms with Crippen molar-refractivity contribution in [1.82, 2.24) is 8.87 Å². The lowest BCUT2D eigenvalue weighted by molar-refractivity contribution is 0.345. The molecule has 0 radical (unpaired) electrons. The van der Waals surface area contributed by atoms with E-state index in [0.29, 0.717) is 24.7 Å². The van der Waals surface area contributed by atoms with Crippen LogP contribution >= 0.6 is 11.6 Å². The number of fused-ring (bicyclic) bond motifs is 3. The minimum Gasteiger partial charge on any atom is -0.342 e.